The van der Waals surface area contributed by atoms with Crippen LogP contribution in [0.15, 0.2) is 46.9 Å². The van der Waals surface area contributed by atoms with Crippen LogP contribution in [0, 0.1) is 12.7 Å². The molecule has 0 saturated heterocycles. The predicted molar refractivity (Wildman–Crippen MR) is 78.8 cm³/mol. The Morgan fingerprint density at radius 2 is 1.84 bits per heavy atom. The molecule has 0 aliphatic carbocycles. The minimum absolute atomic E-state index is 0.00593. The Balaban J connectivity index is 2.23. The van der Waals surface area contributed by atoms with Crippen molar-refractivity contribution in [2.45, 2.75) is 19.3 Å². The maximum atomic E-state index is 13.3. The zero-order valence-corrected chi connectivity index (χ0v) is 12.3. The second kappa shape index (κ2) is 6.31. The van der Waals surface area contributed by atoms with E-state index in [2.05, 4.69) is 15.9 Å². The predicted octanol–water partition coefficient (Wildman–Crippen LogP) is 4.22. The van der Waals surface area contributed by atoms with E-state index in [1.165, 1.54) is 6.07 Å². The topological polar surface area (TPSA) is 20.2 Å². The molecule has 1 atom stereocenters. The molecular weight excluding hydrogens is 307 g/mol. The van der Waals surface area contributed by atoms with Crippen LogP contribution in [0.5, 0.6) is 0 Å². The van der Waals surface area contributed by atoms with Crippen LogP contribution >= 0.6 is 15.9 Å². The summed E-state index contributed by atoms with van der Waals surface area (Å²) in [5.74, 6) is -0.235. The Morgan fingerprint density at radius 3 is 2.47 bits per heavy atom. The summed E-state index contributed by atoms with van der Waals surface area (Å²) in [6.45, 7) is 2.02. The fourth-order valence-electron chi connectivity index (χ4n) is 2.15. The largest absolute Gasteiger partial charge is 0.396 e. The normalized spacial score (nSPS) is 12.4. The lowest BCUT2D eigenvalue weighted by Crippen LogP contribution is -2.09. The summed E-state index contributed by atoms with van der Waals surface area (Å²) in [7, 11) is 0. The SMILES string of the molecule is Cc1ccc(F)cc1CC(CO)c1ccc(Br)cc1. The molecule has 0 aromatic heterocycles. The molecule has 0 fully saturated rings. The fraction of sp³-hybridized carbons (Fsp3) is 0.250. The number of aliphatic hydroxyl groups excluding tert-OH is 1. The van der Waals surface area contributed by atoms with E-state index in [1.807, 2.05) is 31.2 Å². The molecule has 0 aliphatic heterocycles. The monoisotopic (exact) mass is 322 g/mol. The van der Waals surface area contributed by atoms with Crippen molar-refractivity contribution < 1.29 is 9.50 Å². The van der Waals surface area contributed by atoms with Gasteiger partial charge in [0.2, 0.25) is 0 Å². The molecule has 1 unspecified atom stereocenters. The molecule has 1 N–H and O–H groups in total. The molecule has 0 bridgehead atoms. The number of hydrogen-bond acceptors (Lipinski definition) is 1. The summed E-state index contributed by atoms with van der Waals surface area (Å²) in [4.78, 5) is 0. The molecule has 0 aliphatic rings. The zero-order valence-electron chi connectivity index (χ0n) is 10.7. The number of rotatable bonds is 4. The van der Waals surface area contributed by atoms with Gasteiger partial charge in [-0.15, -0.1) is 0 Å². The molecule has 100 valence electrons. The minimum Gasteiger partial charge on any atom is -0.396 e. The van der Waals surface area contributed by atoms with Crippen molar-refractivity contribution in [1.82, 2.24) is 0 Å². The van der Waals surface area contributed by atoms with Crippen molar-refractivity contribution in [2.75, 3.05) is 6.61 Å². The van der Waals surface area contributed by atoms with Crippen LogP contribution in [0.25, 0.3) is 0 Å². The average molecular weight is 323 g/mol. The van der Waals surface area contributed by atoms with Gasteiger partial charge >= 0.3 is 0 Å². The number of benzene rings is 2. The first kappa shape index (κ1) is 14.2. The zero-order chi connectivity index (χ0) is 13.8. The molecule has 0 spiro atoms. The minimum atomic E-state index is -0.229. The lowest BCUT2D eigenvalue weighted by Gasteiger charge is -2.16. The summed E-state index contributed by atoms with van der Waals surface area (Å²) in [5.41, 5.74) is 3.06. The molecule has 2 aromatic carbocycles. The van der Waals surface area contributed by atoms with E-state index in [-0.39, 0.29) is 18.3 Å². The molecule has 19 heavy (non-hydrogen) atoms. The molecule has 2 rings (SSSR count). The summed E-state index contributed by atoms with van der Waals surface area (Å²) in [6, 6.07) is 12.7. The molecule has 0 radical (unpaired) electrons. The summed E-state index contributed by atoms with van der Waals surface area (Å²) >= 11 is 3.39. The van der Waals surface area contributed by atoms with Gasteiger partial charge in [0.05, 0.1) is 6.61 Å². The van der Waals surface area contributed by atoms with Crippen LogP contribution in [-0.4, -0.2) is 11.7 Å². The maximum Gasteiger partial charge on any atom is 0.123 e. The van der Waals surface area contributed by atoms with Crippen molar-refractivity contribution in [3.63, 3.8) is 0 Å². The Morgan fingerprint density at radius 1 is 1.16 bits per heavy atom. The third kappa shape index (κ3) is 3.64. The second-order valence-corrected chi connectivity index (χ2v) is 5.62. The first-order chi connectivity index (χ1) is 9.10. The van der Waals surface area contributed by atoms with E-state index in [0.717, 1.165) is 21.2 Å². The summed E-state index contributed by atoms with van der Waals surface area (Å²) < 4.78 is 14.3. The third-order valence-electron chi connectivity index (χ3n) is 3.34. The van der Waals surface area contributed by atoms with Gasteiger partial charge in [-0.1, -0.05) is 34.1 Å². The van der Waals surface area contributed by atoms with Gasteiger partial charge in [-0.2, -0.15) is 0 Å². The highest BCUT2D eigenvalue weighted by atomic mass is 79.9. The van der Waals surface area contributed by atoms with Gasteiger partial charge < -0.3 is 5.11 Å². The summed E-state index contributed by atoms with van der Waals surface area (Å²) in [6.07, 6.45) is 0.641. The molecule has 2 aromatic rings. The molecule has 1 nitrogen and oxygen atoms in total. The Kier molecular flexibility index (Phi) is 4.72. The fourth-order valence-corrected chi connectivity index (χ4v) is 2.41. The Bertz CT molecular complexity index is 551. The van der Waals surface area contributed by atoms with Crippen LogP contribution in [0.4, 0.5) is 4.39 Å². The Hall–Kier alpha value is -1.19. The van der Waals surface area contributed by atoms with E-state index in [1.54, 1.807) is 12.1 Å². The number of aryl methyl sites for hydroxylation is 1. The first-order valence-electron chi connectivity index (χ1n) is 6.21. The van der Waals surface area contributed by atoms with Crippen LogP contribution in [0.2, 0.25) is 0 Å². The smallest absolute Gasteiger partial charge is 0.123 e. The van der Waals surface area contributed by atoms with Gasteiger partial charge in [0, 0.05) is 10.4 Å². The van der Waals surface area contributed by atoms with Crippen molar-refractivity contribution in [3.8, 4) is 0 Å². The standard InChI is InChI=1S/C16H16BrFO/c1-11-2-7-16(18)9-13(11)8-14(10-19)12-3-5-15(17)6-4-12/h2-7,9,14,19H,8,10H2,1H3. The maximum absolute atomic E-state index is 13.3. The van der Waals surface area contributed by atoms with Gasteiger partial charge in [-0.25, -0.2) is 4.39 Å². The van der Waals surface area contributed by atoms with Crippen molar-refractivity contribution in [2.24, 2.45) is 0 Å². The number of hydrogen-bond donors (Lipinski definition) is 1. The highest BCUT2D eigenvalue weighted by Crippen LogP contribution is 2.24. The van der Waals surface area contributed by atoms with Gasteiger partial charge in [0.15, 0.2) is 0 Å². The van der Waals surface area contributed by atoms with Gasteiger partial charge in [0.1, 0.15) is 5.82 Å². The van der Waals surface area contributed by atoms with E-state index < -0.39 is 0 Å². The quantitative estimate of drug-likeness (QED) is 0.893. The van der Waals surface area contributed by atoms with E-state index in [0.29, 0.717) is 6.42 Å². The second-order valence-electron chi connectivity index (χ2n) is 4.71. The molecule has 0 saturated carbocycles. The van der Waals surface area contributed by atoms with E-state index in [9.17, 15) is 9.50 Å². The van der Waals surface area contributed by atoms with Crippen molar-refractivity contribution in [1.29, 1.82) is 0 Å². The highest BCUT2D eigenvalue weighted by molar-refractivity contribution is 9.10. The third-order valence-corrected chi connectivity index (χ3v) is 3.87. The van der Waals surface area contributed by atoms with Crippen molar-refractivity contribution >= 4 is 15.9 Å². The molecule has 0 amide bonds. The first-order valence-corrected chi connectivity index (χ1v) is 7.01. The lowest BCUT2D eigenvalue weighted by atomic mass is 9.91. The molecule has 3 heteroatoms. The highest BCUT2D eigenvalue weighted by Gasteiger charge is 2.13. The van der Waals surface area contributed by atoms with Gasteiger partial charge in [-0.3, -0.25) is 0 Å². The average Bonchev–Trinajstić information content (AvgIpc) is 2.41. The van der Waals surface area contributed by atoms with Crippen LogP contribution in [0.3, 0.4) is 0 Å². The summed E-state index contributed by atoms with van der Waals surface area (Å²) in [5, 5.41) is 9.56. The van der Waals surface area contributed by atoms with Crippen molar-refractivity contribution in [3.05, 3.63) is 69.4 Å². The van der Waals surface area contributed by atoms with Crippen LogP contribution in [0.1, 0.15) is 22.6 Å². The van der Waals surface area contributed by atoms with Crippen LogP contribution in [-0.2, 0) is 6.42 Å². The number of aliphatic hydroxyl groups is 1. The Labute approximate surface area is 121 Å². The number of halogens is 2. The van der Waals surface area contributed by atoms with E-state index in [4.69, 9.17) is 0 Å². The van der Waals surface area contributed by atoms with Gasteiger partial charge in [-0.05, 0) is 54.3 Å². The molecular formula is C16H16BrFO. The lowest BCUT2D eigenvalue weighted by molar-refractivity contribution is 0.264. The van der Waals surface area contributed by atoms with E-state index >= 15 is 0 Å². The van der Waals surface area contributed by atoms with Crippen LogP contribution < -0.4 is 0 Å². The van der Waals surface area contributed by atoms with Gasteiger partial charge in [0.25, 0.3) is 0 Å². The molecule has 0 heterocycles.